The van der Waals surface area contributed by atoms with Gasteiger partial charge in [0.2, 0.25) is 0 Å². The Balaban J connectivity index is 2.28. The second-order valence-electron chi connectivity index (χ2n) is 4.75. The Morgan fingerprint density at radius 2 is 2.05 bits per heavy atom. The van der Waals surface area contributed by atoms with Gasteiger partial charge in [-0.2, -0.15) is 0 Å². The molecule has 0 saturated heterocycles. The zero-order valence-electron chi connectivity index (χ0n) is 11.6. The molecule has 1 heterocycles. The van der Waals surface area contributed by atoms with Crippen molar-refractivity contribution in [1.82, 2.24) is 5.43 Å². The number of nitrogens with two attached hydrogens (primary N) is 1. The van der Waals surface area contributed by atoms with Gasteiger partial charge in [0.05, 0.1) is 0 Å². The molecule has 0 saturated carbocycles. The zero-order valence-corrected chi connectivity index (χ0v) is 11.6. The van der Waals surface area contributed by atoms with Crippen molar-refractivity contribution in [3.05, 3.63) is 59.0 Å². The lowest BCUT2D eigenvalue weighted by Crippen LogP contribution is -2.28. The lowest BCUT2D eigenvalue weighted by Gasteiger charge is -2.15. The van der Waals surface area contributed by atoms with Crippen molar-refractivity contribution in [2.45, 2.75) is 39.2 Å². The molecule has 0 bridgehead atoms. The van der Waals surface area contributed by atoms with Gasteiger partial charge < -0.3 is 4.42 Å². The van der Waals surface area contributed by atoms with Gasteiger partial charge in [0.15, 0.2) is 0 Å². The smallest absolute Gasteiger partial charge is 0.126 e. The molecule has 1 atom stereocenters. The van der Waals surface area contributed by atoms with Crippen molar-refractivity contribution in [1.29, 1.82) is 0 Å². The number of hydrogen-bond acceptors (Lipinski definition) is 3. The van der Waals surface area contributed by atoms with Crippen LogP contribution in [0.4, 0.5) is 0 Å². The number of rotatable bonds is 6. The summed E-state index contributed by atoms with van der Waals surface area (Å²) >= 11 is 0. The van der Waals surface area contributed by atoms with Gasteiger partial charge in [-0.3, -0.25) is 5.84 Å². The van der Waals surface area contributed by atoms with Gasteiger partial charge in [-0.15, -0.1) is 0 Å². The van der Waals surface area contributed by atoms with Crippen LogP contribution < -0.4 is 11.3 Å². The summed E-state index contributed by atoms with van der Waals surface area (Å²) in [6.07, 6.45) is 3.13. The number of benzene rings is 1. The SMILES string of the molecule is CCCc1cccc(C(NN)c2ccc(CC)o2)c1. The van der Waals surface area contributed by atoms with Gasteiger partial charge in [0.1, 0.15) is 17.6 Å². The normalized spacial score (nSPS) is 12.6. The van der Waals surface area contributed by atoms with Crippen molar-refractivity contribution in [2.24, 2.45) is 5.84 Å². The summed E-state index contributed by atoms with van der Waals surface area (Å²) in [7, 11) is 0. The van der Waals surface area contributed by atoms with Crippen LogP contribution in [0, 0.1) is 0 Å². The third-order valence-electron chi connectivity index (χ3n) is 3.31. The number of furan rings is 1. The summed E-state index contributed by atoms with van der Waals surface area (Å²) in [4.78, 5) is 0. The van der Waals surface area contributed by atoms with E-state index in [1.54, 1.807) is 0 Å². The highest BCUT2D eigenvalue weighted by molar-refractivity contribution is 5.31. The molecule has 3 heteroatoms. The summed E-state index contributed by atoms with van der Waals surface area (Å²) in [5.41, 5.74) is 5.33. The van der Waals surface area contributed by atoms with E-state index in [2.05, 4.69) is 43.5 Å². The molecule has 0 aliphatic rings. The molecule has 0 aliphatic carbocycles. The maximum atomic E-state index is 5.80. The Bertz CT molecular complexity index is 519. The van der Waals surface area contributed by atoms with Crippen LogP contribution in [-0.2, 0) is 12.8 Å². The molecular formula is C16H22N2O. The van der Waals surface area contributed by atoms with Gasteiger partial charge in [0.25, 0.3) is 0 Å². The van der Waals surface area contributed by atoms with E-state index >= 15 is 0 Å². The van der Waals surface area contributed by atoms with Crippen LogP contribution >= 0.6 is 0 Å². The number of hydrazine groups is 1. The Labute approximate surface area is 114 Å². The van der Waals surface area contributed by atoms with Gasteiger partial charge in [-0.05, 0) is 29.7 Å². The first-order valence-electron chi connectivity index (χ1n) is 6.92. The van der Waals surface area contributed by atoms with Crippen molar-refractivity contribution >= 4 is 0 Å². The maximum absolute atomic E-state index is 5.80. The quantitative estimate of drug-likeness (QED) is 0.617. The molecular weight excluding hydrogens is 236 g/mol. The second kappa shape index (κ2) is 6.55. The Morgan fingerprint density at radius 1 is 1.21 bits per heavy atom. The zero-order chi connectivity index (χ0) is 13.7. The van der Waals surface area contributed by atoms with Crippen LogP contribution in [0.25, 0.3) is 0 Å². The highest BCUT2D eigenvalue weighted by Crippen LogP contribution is 2.24. The number of aryl methyl sites for hydroxylation is 2. The minimum Gasteiger partial charge on any atom is -0.464 e. The van der Waals surface area contributed by atoms with Crippen LogP contribution in [0.15, 0.2) is 40.8 Å². The second-order valence-corrected chi connectivity index (χ2v) is 4.75. The largest absolute Gasteiger partial charge is 0.464 e. The summed E-state index contributed by atoms with van der Waals surface area (Å²) in [6.45, 7) is 4.26. The van der Waals surface area contributed by atoms with Crippen molar-refractivity contribution in [3.8, 4) is 0 Å². The van der Waals surface area contributed by atoms with Gasteiger partial charge >= 0.3 is 0 Å². The molecule has 0 fully saturated rings. The Hall–Kier alpha value is -1.58. The summed E-state index contributed by atoms with van der Waals surface area (Å²) in [5.74, 6) is 7.56. The maximum Gasteiger partial charge on any atom is 0.126 e. The fourth-order valence-corrected chi connectivity index (χ4v) is 2.30. The van der Waals surface area contributed by atoms with Gasteiger partial charge in [-0.25, -0.2) is 5.43 Å². The van der Waals surface area contributed by atoms with Crippen LogP contribution in [0.5, 0.6) is 0 Å². The molecule has 1 unspecified atom stereocenters. The van der Waals surface area contributed by atoms with E-state index in [1.807, 2.05) is 12.1 Å². The molecule has 3 N–H and O–H groups in total. The van der Waals surface area contributed by atoms with Crippen LogP contribution in [0.3, 0.4) is 0 Å². The van der Waals surface area contributed by atoms with E-state index in [4.69, 9.17) is 10.3 Å². The lowest BCUT2D eigenvalue weighted by molar-refractivity contribution is 0.425. The predicted molar refractivity (Wildman–Crippen MR) is 77.7 cm³/mol. The highest BCUT2D eigenvalue weighted by Gasteiger charge is 2.16. The molecule has 3 nitrogen and oxygen atoms in total. The Kier molecular flexibility index (Phi) is 4.77. The van der Waals surface area contributed by atoms with E-state index in [-0.39, 0.29) is 6.04 Å². The van der Waals surface area contributed by atoms with Crippen LogP contribution in [0.2, 0.25) is 0 Å². The number of hydrogen-bond donors (Lipinski definition) is 2. The molecule has 2 aromatic rings. The molecule has 1 aromatic carbocycles. The molecule has 0 aliphatic heterocycles. The van der Waals surface area contributed by atoms with E-state index in [0.717, 1.165) is 36.3 Å². The first-order chi connectivity index (χ1) is 9.28. The topological polar surface area (TPSA) is 51.2 Å². The molecule has 102 valence electrons. The average Bonchev–Trinajstić information content (AvgIpc) is 2.89. The summed E-state index contributed by atoms with van der Waals surface area (Å²) < 4.78 is 5.80. The standard InChI is InChI=1S/C16H22N2O/c1-3-6-12-7-5-8-13(11-12)16(18-17)15-10-9-14(4-2)19-15/h5,7-11,16,18H,3-4,6,17H2,1-2H3. The van der Waals surface area contributed by atoms with Crippen molar-refractivity contribution in [3.63, 3.8) is 0 Å². The fraction of sp³-hybridized carbons (Fsp3) is 0.375. The third-order valence-corrected chi connectivity index (χ3v) is 3.31. The number of nitrogens with one attached hydrogen (secondary N) is 1. The third kappa shape index (κ3) is 3.25. The highest BCUT2D eigenvalue weighted by atomic mass is 16.3. The molecule has 0 spiro atoms. The first-order valence-corrected chi connectivity index (χ1v) is 6.92. The lowest BCUT2D eigenvalue weighted by atomic mass is 10.0. The summed E-state index contributed by atoms with van der Waals surface area (Å²) in [5, 5.41) is 0. The van der Waals surface area contributed by atoms with Gasteiger partial charge in [0, 0.05) is 6.42 Å². The summed E-state index contributed by atoms with van der Waals surface area (Å²) in [6, 6.07) is 12.4. The molecule has 1 aromatic heterocycles. The first kappa shape index (κ1) is 13.8. The predicted octanol–water partition coefficient (Wildman–Crippen LogP) is 3.35. The van der Waals surface area contributed by atoms with Crippen molar-refractivity contribution in [2.75, 3.05) is 0 Å². The van der Waals surface area contributed by atoms with E-state index in [9.17, 15) is 0 Å². The van der Waals surface area contributed by atoms with Crippen molar-refractivity contribution < 1.29 is 4.42 Å². The average molecular weight is 258 g/mol. The van der Waals surface area contributed by atoms with Gasteiger partial charge in [-0.1, -0.05) is 44.5 Å². The minimum atomic E-state index is -0.0860. The minimum absolute atomic E-state index is 0.0860. The molecule has 2 rings (SSSR count). The monoisotopic (exact) mass is 258 g/mol. The van der Waals surface area contributed by atoms with E-state index in [0.29, 0.717) is 0 Å². The molecule has 19 heavy (non-hydrogen) atoms. The molecule has 0 amide bonds. The molecule has 0 radical (unpaired) electrons. The van der Waals surface area contributed by atoms with Crippen LogP contribution in [-0.4, -0.2) is 0 Å². The fourth-order valence-electron chi connectivity index (χ4n) is 2.30. The van der Waals surface area contributed by atoms with Crippen LogP contribution in [0.1, 0.15) is 49.0 Å². The van der Waals surface area contributed by atoms with E-state index in [1.165, 1.54) is 5.56 Å². The Morgan fingerprint density at radius 3 is 2.68 bits per heavy atom. The van der Waals surface area contributed by atoms with E-state index < -0.39 is 0 Å².